The Morgan fingerprint density at radius 1 is 1.04 bits per heavy atom. The molecule has 2 fully saturated rings. The van der Waals surface area contributed by atoms with E-state index in [1.807, 2.05) is 18.2 Å². The molecule has 0 amide bonds. The van der Waals surface area contributed by atoms with Crippen LogP contribution in [0, 0.1) is 11.8 Å². The van der Waals surface area contributed by atoms with Crippen molar-refractivity contribution in [3.05, 3.63) is 69.7 Å². The monoisotopic (exact) mass is 405 g/mol. The summed E-state index contributed by atoms with van der Waals surface area (Å²) >= 11 is 12.2. The van der Waals surface area contributed by atoms with Crippen molar-refractivity contribution in [2.75, 3.05) is 19.6 Å². The van der Waals surface area contributed by atoms with Gasteiger partial charge >= 0.3 is 0 Å². The van der Waals surface area contributed by atoms with Crippen molar-refractivity contribution in [3.8, 4) is 0 Å². The second kappa shape index (κ2) is 7.73. The van der Waals surface area contributed by atoms with Gasteiger partial charge in [-0.05, 0) is 42.4 Å². The minimum Gasteiger partial charge on any atom is -0.390 e. The van der Waals surface area contributed by atoms with Gasteiger partial charge in [0.15, 0.2) is 0 Å². The number of rotatable bonds is 5. The fourth-order valence-corrected chi connectivity index (χ4v) is 5.48. The normalized spacial score (nSPS) is 25.5. The summed E-state index contributed by atoms with van der Waals surface area (Å²) < 4.78 is 0. The van der Waals surface area contributed by atoms with Gasteiger partial charge in [-0.1, -0.05) is 59.6 Å². The molecule has 1 saturated heterocycles. The Morgan fingerprint density at radius 2 is 1.70 bits per heavy atom. The van der Waals surface area contributed by atoms with Crippen molar-refractivity contribution in [1.29, 1.82) is 0 Å². The fourth-order valence-electron chi connectivity index (χ4n) is 4.94. The molecule has 27 heavy (non-hydrogen) atoms. The molecule has 1 heterocycles. The number of halogens is 2. The molecule has 1 aliphatic carbocycles. The number of hydrogen-bond acceptors (Lipinski definition) is 3. The molecule has 2 N–H and O–H groups in total. The lowest BCUT2D eigenvalue weighted by Gasteiger charge is -2.27. The zero-order valence-electron chi connectivity index (χ0n) is 15.2. The number of β-amino-alcohol motifs (C(OH)–C–C–N with tert-alkyl or cyclic N) is 1. The third-order valence-corrected chi connectivity index (χ3v) is 6.63. The highest BCUT2D eigenvalue weighted by atomic mass is 35.5. The van der Waals surface area contributed by atoms with Crippen LogP contribution in [-0.4, -0.2) is 40.3 Å². The summed E-state index contributed by atoms with van der Waals surface area (Å²) in [5, 5.41) is 22.7. The zero-order chi connectivity index (χ0) is 19.0. The predicted octanol–water partition coefficient (Wildman–Crippen LogP) is 4.34. The lowest BCUT2D eigenvalue weighted by atomic mass is 9.91. The van der Waals surface area contributed by atoms with Crippen LogP contribution in [0.1, 0.15) is 30.1 Å². The number of aliphatic hydroxyl groups is 2. The third-order valence-electron chi connectivity index (χ3n) is 6.07. The maximum Gasteiger partial charge on any atom is 0.0931 e. The number of hydrogen-bond donors (Lipinski definition) is 2. The van der Waals surface area contributed by atoms with Crippen molar-refractivity contribution in [1.82, 2.24) is 4.90 Å². The molecule has 2 aromatic rings. The van der Waals surface area contributed by atoms with E-state index in [9.17, 15) is 10.2 Å². The van der Waals surface area contributed by atoms with Gasteiger partial charge in [0, 0.05) is 41.7 Å². The van der Waals surface area contributed by atoms with Gasteiger partial charge in [0.05, 0.1) is 11.7 Å². The van der Waals surface area contributed by atoms with E-state index in [1.54, 1.807) is 18.2 Å². The Hall–Kier alpha value is -1.10. The van der Waals surface area contributed by atoms with Gasteiger partial charge in [-0.2, -0.15) is 0 Å². The molecule has 2 aliphatic rings. The van der Waals surface area contributed by atoms with Crippen LogP contribution in [0.5, 0.6) is 0 Å². The minimum atomic E-state index is -0.628. The maximum absolute atomic E-state index is 11.1. The Kier molecular flexibility index (Phi) is 5.50. The van der Waals surface area contributed by atoms with Crippen LogP contribution in [0.2, 0.25) is 10.0 Å². The second-order valence-corrected chi connectivity index (χ2v) is 9.06. The summed E-state index contributed by atoms with van der Waals surface area (Å²) in [6.45, 7) is 2.40. The van der Waals surface area contributed by atoms with E-state index in [4.69, 9.17) is 23.2 Å². The van der Waals surface area contributed by atoms with Crippen LogP contribution in [0.15, 0.2) is 48.5 Å². The van der Waals surface area contributed by atoms with E-state index < -0.39 is 11.7 Å². The Balaban J connectivity index is 1.34. The predicted molar refractivity (Wildman–Crippen MR) is 109 cm³/mol. The quantitative estimate of drug-likeness (QED) is 0.777. The molecule has 2 aromatic carbocycles. The summed E-state index contributed by atoms with van der Waals surface area (Å²) in [5.41, 5.74) is 1.32. The third kappa shape index (κ3) is 4.33. The molecule has 3 nitrogen and oxygen atoms in total. The lowest BCUT2D eigenvalue weighted by Crippen LogP contribution is -2.33. The van der Waals surface area contributed by atoms with E-state index in [0.29, 0.717) is 28.4 Å². The van der Waals surface area contributed by atoms with E-state index in [-0.39, 0.29) is 0 Å². The number of fused-ring (bicyclic) bond motifs is 1. The van der Waals surface area contributed by atoms with Gasteiger partial charge in [-0.25, -0.2) is 0 Å². The summed E-state index contributed by atoms with van der Waals surface area (Å²) in [4.78, 5) is 2.30. The molecule has 5 heteroatoms. The zero-order valence-corrected chi connectivity index (χ0v) is 16.7. The van der Waals surface area contributed by atoms with Crippen LogP contribution in [0.25, 0.3) is 0 Å². The van der Waals surface area contributed by atoms with Crippen LogP contribution in [0.3, 0.4) is 0 Å². The van der Waals surface area contributed by atoms with Crippen LogP contribution in [-0.2, 0) is 6.42 Å². The molecule has 0 spiro atoms. The number of aliphatic hydroxyl groups excluding tert-OH is 1. The number of benzene rings is 2. The Morgan fingerprint density at radius 3 is 2.33 bits per heavy atom. The Bertz CT molecular complexity index is 784. The smallest absolute Gasteiger partial charge is 0.0931 e. The standard InChI is InChI=1S/C22H25Cl2NO2/c23-18-6-7-19(20(24)8-18)21(26)14-25-12-16-10-22(27,11-17(16)13-25)9-15-4-2-1-3-5-15/h1-8,16-17,21,26-27H,9-14H2/t16-,17-,21-/m0/s1. The van der Waals surface area contributed by atoms with Crippen LogP contribution < -0.4 is 0 Å². The highest BCUT2D eigenvalue weighted by Crippen LogP contribution is 2.45. The van der Waals surface area contributed by atoms with Crippen molar-refractivity contribution in [3.63, 3.8) is 0 Å². The van der Waals surface area contributed by atoms with Gasteiger partial charge in [-0.3, -0.25) is 4.90 Å². The average molecular weight is 406 g/mol. The van der Waals surface area contributed by atoms with E-state index in [0.717, 1.165) is 37.9 Å². The van der Waals surface area contributed by atoms with Crippen molar-refractivity contribution in [2.24, 2.45) is 11.8 Å². The summed E-state index contributed by atoms with van der Waals surface area (Å²) in [5.74, 6) is 0.984. The minimum absolute atomic E-state index is 0.492. The molecular formula is C22H25Cl2NO2. The van der Waals surface area contributed by atoms with Crippen LogP contribution in [0.4, 0.5) is 0 Å². The van der Waals surface area contributed by atoms with Crippen molar-refractivity contribution < 1.29 is 10.2 Å². The first kappa shape index (κ1) is 19.2. The molecule has 0 unspecified atom stereocenters. The molecule has 144 valence electrons. The molecule has 1 aliphatic heterocycles. The first-order valence-corrected chi connectivity index (χ1v) is 10.3. The number of likely N-dealkylation sites (tertiary alicyclic amines) is 1. The summed E-state index contributed by atoms with van der Waals surface area (Å²) in [7, 11) is 0. The van der Waals surface area contributed by atoms with E-state index in [2.05, 4.69) is 17.0 Å². The topological polar surface area (TPSA) is 43.7 Å². The van der Waals surface area contributed by atoms with Crippen LogP contribution >= 0.6 is 23.2 Å². The molecule has 1 saturated carbocycles. The van der Waals surface area contributed by atoms with Gasteiger partial charge in [-0.15, -0.1) is 0 Å². The van der Waals surface area contributed by atoms with Gasteiger partial charge in [0.2, 0.25) is 0 Å². The largest absolute Gasteiger partial charge is 0.390 e. The SMILES string of the molecule is O[C@@H](CN1C[C@@H]2CC(O)(Cc3ccccc3)C[C@H]2C1)c1ccc(Cl)cc1Cl. The summed E-state index contributed by atoms with van der Waals surface area (Å²) in [6.07, 6.45) is 1.77. The Labute approximate surface area is 170 Å². The molecule has 0 aromatic heterocycles. The highest BCUT2D eigenvalue weighted by Gasteiger charge is 2.48. The fraction of sp³-hybridized carbons (Fsp3) is 0.455. The lowest BCUT2D eigenvalue weighted by molar-refractivity contribution is 0.0328. The number of nitrogens with zero attached hydrogens (tertiary/aromatic N) is 1. The van der Waals surface area contributed by atoms with Crippen molar-refractivity contribution >= 4 is 23.2 Å². The molecule has 3 atom stereocenters. The molecule has 0 radical (unpaired) electrons. The maximum atomic E-state index is 11.1. The summed E-state index contributed by atoms with van der Waals surface area (Å²) in [6, 6.07) is 15.5. The first-order valence-electron chi connectivity index (χ1n) is 9.53. The van der Waals surface area contributed by atoms with E-state index in [1.165, 1.54) is 5.56 Å². The van der Waals surface area contributed by atoms with Gasteiger partial charge in [0.1, 0.15) is 0 Å². The van der Waals surface area contributed by atoms with Gasteiger partial charge in [0.25, 0.3) is 0 Å². The highest BCUT2D eigenvalue weighted by molar-refractivity contribution is 6.35. The van der Waals surface area contributed by atoms with Crippen molar-refractivity contribution in [2.45, 2.75) is 31.0 Å². The van der Waals surface area contributed by atoms with E-state index >= 15 is 0 Å². The second-order valence-electron chi connectivity index (χ2n) is 8.22. The molecule has 4 rings (SSSR count). The molecule has 0 bridgehead atoms. The first-order chi connectivity index (χ1) is 12.9. The molecular weight excluding hydrogens is 381 g/mol. The average Bonchev–Trinajstić information content (AvgIpc) is 3.09. The van der Waals surface area contributed by atoms with Gasteiger partial charge < -0.3 is 10.2 Å².